The molecule has 2 aromatic rings. The molecule has 5 nitrogen and oxygen atoms in total. The molecule has 0 spiro atoms. The van der Waals surface area contributed by atoms with Crippen molar-refractivity contribution >= 4 is 10.0 Å². The lowest BCUT2D eigenvalue weighted by atomic mass is 10.2. The largest absolute Gasteiger partial charge is 0.468 e. The van der Waals surface area contributed by atoms with Gasteiger partial charge in [-0.2, -0.15) is 0 Å². The van der Waals surface area contributed by atoms with Crippen LogP contribution in [0.2, 0.25) is 0 Å². The van der Waals surface area contributed by atoms with E-state index >= 15 is 0 Å². The summed E-state index contributed by atoms with van der Waals surface area (Å²) in [7, 11) is 0.245. The molecule has 1 aromatic heterocycles. The first-order chi connectivity index (χ1) is 9.90. The maximum Gasteiger partial charge on any atom is 0.240 e. The minimum absolute atomic E-state index is 0.153. The van der Waals surface area contributed by atoms with E-state index in [9.17, 15) is 8.42 Å². The van der Waals surface area contributed by atoms with Crippen LogP contribution < -0.4 is 4.72 Å². The Kier molecular flexibility index (Phi) is 4.82. The van der Waals surface area contributed by atoms with Gasteiger partial charge >= 0.3 is 0 Å². The molecule has 1 atom stereocenters. The molecule has 0 aliphatic heterocycles. The van der Waals surface area contributed by atoms with Crippen molar-refractivity contribution in [2.75, 3.05) is 20.6 Å². The third-order valence-corrected chi connectivity index (χ3v) is 4.68. The molecule has 1 unspecified atom stereocenters. The quantitative estimate of drug-likeness (QED) is 0.888. The number of benzene rings is 1. The predicted octanol–water partition coefficient (Wildman–Crippen LogP) is 2.17. The Hall–Kier alpha value is -1.63. The minimum Gasteiger partial charge on any atom is -0.468 e. The van der Waals surface area contributed by atoms with Gasteiger partial charge in [0.05, 0.1) is 17.2 Å². The first kappa shape index (κ1) is 15.8. The van der Waals surface area contributed by atoms with Crippen LogP contribution in [0.25, 0.3) is 0 Å². The van der Waals surface area contributed by atoms with Gasteiger partial charge in [-0.05, 0) is 50.8 Å². The Balaban J connectivity index is 2.13. The highest BCUT2D eigenvalue weighted by Gasteiger charge is 2.21. The van der Waals surface area contributed by atoms with Crippen LogP contribution in [0, 0.1) is 6.92 Å². The van der Waals surface area contributed by atoms with Gasteiger partial charge in [0.15, 0.2) is 0 Å². The lowest BCUT2D eigenvalue weighted by Gasteiger charge is -2.22. The second-order valence-corrected chi connectivity index (χ2v) is 6.93. The maximum absolute atomic E-state index is 12.3. The van der Waals surface area contributed by atoms with Crippen molar-refractivity contribution in [1.29, 1.82) is 0 Å². The number of rotatable bonds is 6. The van der Waals surface area contributed by atoms with Gasteiger partial charge in [0.25, 0.3) is 0 Å². The molecule has 0 saturated carbocycles. The van der Waals surface area contributed by atoms with E-state index in [0.29, 0.717) is 0 Å². The van der Waals surface area contributed by atoms with Crippen molar-refractivity contribution in [2.45, 2.75) is 17.9 Å². The van der Waals surface area contributed by atoms with Crippen molar-refractivity contribution in [3.8, 4) is 0 Å². The summed E-state index contributed by atoms with van der Waals surface area (Å²) in [5.41, 5.74) is 0.910. The molecule has 1 N–H and O–H groups in total. The van der Waals surface area contributed by atoms with E-state index in [1.54, 1.807) is 30.5 Å². The topological polar surface area (TPSA) is 62.6 Å². The van der Waals surface area contributed by atoms with Crippen LogP contribution in [0.1, 0.15) is 17.4 Å². The fourth-order valence-corrected chi connectivity index (χ4v) is 3.22. The average molecular weight is 308 g/mol. The minimum atomic E-state index is -3.52. The second kappa shape index (κ2) is 6.43. The number of sulfonamides is 1. The fourth-order valence-electron chi connectivity index (χ4n) is 2.07. The molecule has 21 heavy (non-hydrogen) atoms. The zero-order valence-electron chi connectivity index (χ0n) is 12.4. The van der Waals surface area contributed by atoms with Crippen molar-refractivity contribution in [2.24, 2.45) is 0 Å². The summed E-state index contributed by atoms with van der Waals surface area (Å²) in [5, 5.41) is 0. The molecule has 0 aliphatic rings. The number of nitrogens with one attached hydrogen (secondary N) is 1. The summed E-state index contributed by atoms with van der Waals surface area (Å²) in [4.78, 5) is 2.19. The summed E-state index contributed by atoms with van der Waals surface area (Å²) in [6.45, 7) is 2.11. The highest BCUT2D eigenvalue weighted by atomic mass is 32.2. The number of likely N-dealkylation sites (N-methyl/N-ethyl adjacent to an activating group) is 1. The summed E-state index contributed by atoms with van der Waals surface area (Å²) in [6, 6.07) is 10.3. The van der Waals surface area contributed by atoms with E-state index in [4.69, 9.17) is 4.42 Å². The molecular weight excluding hydrogens is 288 g/mol. The number of furan rings is 1. The monoisotopic (exact) mass is 308 g/mol. The number of nitrogens with zero attached hydrogens (tertiary/aromatic N) is 1. The summed E-state index contributed by atoms with van der Waals surface area (Å²) in [6.07, 6.45) is 1.58. The van der Waals surface area contributed by atoms with Crippen LogP contribution in [0.5, 0.6) is 0 Å². The maximum atomic E-state index is 12.3. The smallest absolute Gasteiger partial charge is 0.240 e. The van der Waals surface area contributed by atoms with Crippen LogP contribution in [0.15, 0.2) is 52.0 Å². The third kappa shape index (κ3) is 3.93. The van der Waals surface area contributed by atoms with E-state index in [0.717, 1.165) is 11.3 Å². The van der Waals surface area contributed by atoms with Crippen LogP contribution >= 0.6 is 0 Å². The lowest BCUT2D eigenvalue weighted by molar-refractivity contribution is 0.259. The molecule has 114 valence electrons. The van der Waals surface area contributed by atoms with Crippen LogP contribution in [0.3, 0.4) is 0 Å². The van der Waals surface area contributed by atoms with Gasteiger partial charge in [-0.25, -0.2) is 13.1 Å². The number of aryl methyl sites for hydroxylation is 1. The molecule has 0 saturated heterocycles. The SMILES string of the molecule is Cc1cccc(S(=O)(=O)NCC(c2ccco2)N(C)C)c1. The first-order valence-electron chi connectivity index (χ1n) is 6.66. The first-order valence-corrected chi connectivity index (χ1v) is 8.14. The van der Waals surface area contributed by atoms with Gasteiger partial charge in [0, 0.05) is 6.54 Å². The van der Waals surface area contributed by atoms with Gasteiger partial charge in [0.2, 0.25) is 10.0 Å². The van der Waals surface area contributed by atoms with E-state index in [-0.39, 0.29) is 17.5 Å². The Morgan fingerprint density at radius 1 is 1.24 bits per heavy atom. The van der Waals surface area contributed by atoms with Crippen LogP contribution in [-0.2, 0) is 10.0 Å². The summed E-state index contributed by atoms with van der Waals surface area (Å²) < 4.78 is 32.7. The third-order valence-electron chi connectivity index (χ3n) is 3.26. The molecule has 6 heteroatoms. The van der Waals surface area contributed by atoms with Crippen molar-refractivity contribution in [3.05, 3.63) is 54.0 Å². The van der Waals surface area contributed by atoms with Crippen LogP contribution in [-0.4, -0.2) is 34.0 Å². The van der Waals surface area contributed by atoms with Crippen molar-refractivity contribution in [3.63, 3.8) is 0 Å². The lowest BCUT2D eigenvalue weighted by Crippen LogP contribution is -2.34. The average Bonchev–Trinajstić information content (AvgIpc) is 2.92. The zero-order valence-corrected chi connectivity index (χ0v) is 13.2. The molecule has 0 amide bonds. The molecule has 0 radical (unpaired) electrons. The molecule has 1 heterocycles. The summed E-state index contributed by atoms with van der Waals surface area (Å²) >= 11 is 0. The molecule has 1 aromatic carbocycles. The Bertz CT molecular complexity index is 679. The van der Waals surface area contributed by atoms with Gasteiger partial charge in [0.1, 0.15) is 5.76 Å². The van der Waals surface area contributed by atoms with E-state index in [2.05, 4.69) is 4.72 Å². The molecular formula is C15H20N2O3S. The highest BCUT2D eigenvalue weighted by Crippen LogP contribution is 2.19. The Labute approximate surface area is 125 Å². The van der Waals surface area contributed by atoms with Gasteiger partial charge in [-0.15, -0.1) is 0 Å². The number of hydrogen-bond donors (Lipinski definition) is 1. The Morgan fingerprint density at radius 3 is 2.57 bits per heavy atom. The van der Waals surface area contributed by atoms with Crippen LogP contribution in [0.4, 0.5) is 0 Å². The van der Waals surface area contributed by atoms with E-state index < -0.39 is 10.0 Å². The highest BCUT2D eigenvalue weighted by molar-refractivity contribution is 7.89. The van der Waals surface area contributed by atoms with Gasteiger partial charge < -0.3 is 4.42 Å². The van der Waals surface area contributed by atoms with Gasteiger partial charge in [-0.1, -0.05) is 12.1 Å². The van der Waals surface area contributed by atoms with Gasteiger partial charge in [-0.3, -0.25) is 4.90 Å². The summed E-state index contributed by atoms with van der Waals surface area (Å²) in [5.74, 6) is 0.729. The molecule has 0 bridgehead atoms. The molecule has 0 aliphatic carbocycles. The Morgan fingerprint density at radius 2 is 2.00 bits per heavy atom. The zero-order chi connectivity index (χ0) is 15.5. The normalized spacial score (nSPS) is 13.5. The predicted molar refractivity (Wildman–Crippen MR) is 81.5 cm³/mol. The van der Waals surface area contributed by atoms with Crippen molar-refractivity contribution < 1.29 is 12.8 Å². The van der Waals surface area contributed by atoms with E-state index in [1.165, 1.54) is 0 Å². The number of hydrogen-bond acceptors (Lipinski definition) is 4. The fraction of sp³-hybridized carbons (Fsp3) is 0.333. The molecule has 0 fully saturated rings. The molecule has 2 rings (SSSR count). The van der Waals surface area contributed by atoms with E-state index in [1.807, 2.05) is 38.1 Å². The van der Waals surface area contributed by atoms with Crippen molar-refractivity contribution in [1.82, 2.24) is 9.62 Å². The second-order valence-electron chi connectivity index (χ2n) is 5.16. The standard InChI is InChI=1S/C15H20N2O3S/c1-12-6-4-7-13(10-12)21(18,19)16-11-14(17(2)3)15-8-5-9-20-15/h4-10,14,16H,11H2,1-3H3.